The van der Waals surface area contributed by atoms with E-state index in [1.807, 2.05) is 0 Å². The second-order valence-electron chi connectivity index (χ2n) is 15.2. The van der Waals surface area contributed by atoms with Crippen LogP contribution < -0.4 is 5.32 Å². The fourth-order valence-corrected chi connectivity index (χ4v) is 8.84. The maximum atomic E-state index is 3.68. The van der Waals surface area contributed by atoms with Gasteiger partial charge in [-0.15, -0.1) is 0 Å². The zero-order valence-corrected chi connectivity index (χ0v) is 29.8. The molecule has 7 aromatic carbocycles. The van der Waals surface area contributed by atoms with Gasteiger partial charge in [-0.3, -0.25) is 0 Å². The molecule has 1 unspecified atom stereocenters. The molecule has 0 saturated carbocycles. The molecule has 0 fully saturated rings. The summed E-state index contributed by atoms with van der Waals surface area (Å²) in [5.41, 5.74) is 16.6. The molecule has 2 aliphatic rings. The van der Waals surface area contributed by atoms with E-state index in [-0.39, 0.29) is 5.41 Å². The van der Waals surface area contributed by atoms with Crippen LogP contribution in [0.5, 0.6) is 0 Å². The lowest BCUT2D eigenvalue weighted by Gasteiger charge is -2.25. The Hall–Kier alpha value is -6.12. The second kappa shape index (κ2) is 11.7. The van der Waals surface area contributed by atoms with Gasteiger partial charge in [-0.2, -0.15) is 0 Å². The van der Waals surface area contributed by atoms with E-state index < -0.39 is 0 Å². The van der Waals surface area contributed by atoms with E-state index in [2.05, 4.69) is 194 Å². The molecule has 0 saturated heterocycles. The molecule has 250 valence electrons. The molecule has 10 rings (SSSR count). The lowest BCUT2D eigenvalue weighted by atomic mass is 9.79. The van der Waals surface area contributed by atoms with Gasteiger partial charge in [-0.25, -0.2) is 0 Å². The predicted molar refractivity (Wildman–Crippen MR) is 222 cm³/mol. The average Bonchev–Trinajstić information content (AvgIpc) is 3.63. The summed E-state index contributed by atoms with van der Waals surface area (Å²) in [7, 11) is 0. The van der Waals surface area contributed by atoms with Crippen molar-refractivity contribution >= 4 is 49.5 Å². The molecule has 52 heavy (non-hydrogen) atoms. The Balaban J connectivity index is 0.936. The Kier molecular flexibility index (Phi) is 6.91. The Labute approximate surface area is 305 Å². The van der Waals surface area contributed by atoms with E-state index in [4.69, 9.17) is 0 Å². The van der Waals surface area contributed by atoms with Gasteiger partial charge >= 0.3 is 0 Å². The lowest BCUT2D eigenvalue weighted by Crippen LogP contribution is -2.17. The van der Waals surface area contributed by atoms with Crippen molar-refractivity contribution in [2.45, 2.75) is 32.6 Å². The fourth-order valence-electron chi connectivity index (χ4n) is 8.84. The smallest absolute Gasteiger partial charge is 0.0547 e. The van der Waals surface area contributed by atoms with Crippen LogP contribution in [0.15, 0.2) is 169 Å². The van der Waals surface area contributed by atoms with Crippen molar-refractivity contribution < 1.29 is 0 Å². The molecule has 0 aliphatic heterocycles. The fraction of sp³-hybridized carbons (Fsp3) is 0.120. The molecule has 0 radical (unpaired) electrons. The summed E-state index contributed by atoms with van der Waals surface area (Å²) in [6.45, 7) is 7.04. The monoisotopic (exact) mass is 668 g/mol. The summed E-state index contributed by atoms with van der Waals surface area (Å²) in [5.74, 6) is 0.595. The van der Waals surface area contributed by atoms with Gasteiger partial charge in [0.25, 0.3) is 0 Å². The summed E-state index contributed by atoms with van der Waals surface area (Å²) in [6, 6.07) is 55.6. The number of fused-ring (bicyclic) bond motifs is 7. The van der Waals surface area contributed by atoms with E-state index in [0.29, 0.717) is 5.92 Å². The number of nitrogens with zero attached hydrogens (tertiary/aromatic N) is 1. The molecule has 0 amide bonds. The highest BCUT2D eigenvalue weighted by molar-refractivity contribution is 6.21. The Bertz CT molecular complexity index is 2740. The maximum absolute atomic E-state index is 3.68. The first-order valence-corrected chi connectivity index (χ1v) is 18.5. The lowest BCUT2D eigenvalue weighted by molar-refractivity contribution is 0.643. The zero-order chi connectivity index (χ0) is 35.0. The van der Waals surface area contributed by atoms with Crippen LogP contribution in [0.2, 0.25) is 0 Å². The highest BCUT2D eigenvalue weighted by Gasteiger charge is 2.38. The molecule has 1 heterocycles. The van der Waals surface area contributed by atoms with Gasteiger partial charge in [0.2, 0.25) is 0 Å². The van der Waals surface area contributed by atoms with Gasteiger partial charge in [-0.05, 0) is 122 Å². The summed E-state index contributed by atoms with van der Waals surface area (Å²) in [4.78, 5) is 0. The van der Waals surface area contributed by atoms with E-state index in [1.165, 1.54) is 82.8 Å². The summed E-state index contributed by atoms with van der Waals surface area (Å²) in [5, 5.41) is 8.80. The zero-order valence-electron chi connectivity index (χ0n) is 29.8. The Morgan fingerprint density at radius 1 is 0.596 bits per heavy atom. The van der Waals surface area contributed by atoms with Gasteiger partial charge in [0.05, 0.1) is 11.0 Å². The average molecular weight is 669 g/mol. The van der Waals surface area contributed by atoms with Crippen LogP contribution in [0, 0.1) is 5.92 Å². The van der Waals surface area contributed by atoms with Crippen molar-refractivity contribution in [2.75, 3.05) is 5.32 Å². The number of allylic oxidation sites excluding steroid dienone is 4. The van der Waals surface area contributed by atoms with Crippen LogP contribution in [0.3, 0.4) is 0 Å². The first-order chi connectivity index (χ1) is 25.4. The summed E-state index contributed by atoms with van der Waals surface area (Å²) in [6.07, 6.45) is 5.87. The third-order valence-electron chi connectivity index (χ3n) is 11.5. The molecule has 8 aromatic rings. The van der Waals surface area contributed by atoms with Crippen molar-refractivity contribution in [3.05, 3.63) is 181 Å². The van der Waals surface area contributed by atoms with Gasteiger partial charge in [0.1, 0.15) is 0 Å². The normalized spacial score (nSPS) is 16.1. The largest absolute Gasteiger partial charge is 0.356 e. The number of aromatic nitrogens is 1. The van der Waals surface area contributed by atoms with Crippen molar-refractivity contribution in [3.63, 3.8) is 0 Å². The van der Waals surface area contributed by atoms with Gasteiger partial charge in [0, 0.05) is 33.2 Å². The molecule has 1 aromatic heterocycles. The van der Waals surface area contributed by atoms with Crippen LogP contribution in [0.1, 0.15) is 38.3 Å². The van der Waals surface area contributed by atoms with E-state index in [1.54, 1.807) is 0 Å². The number of para-hydroxylation sites is 1. The summed E-state index contributed by atoms with van der Waals surface area (Å²) >= 11 is 0. The van der Waals surface area contributed by atoms with Crippen molar-refractivity contribution in [3.8, 4) is 27.9 Å². The molecule has 1 atom stereocenters. The van der Waals surface area contributed by atoms with Crippen molar-refractivity contribution in [1.82, 2.24) is 4.57 Å². The second-order valence-corrected chi connectivity index (χ2v) is 15.2. The highest BCUT2D eigenvalue weighted by atomic mass is 15.0. The van der Waals surface area contributed by atoms with Crippen LogP contribution in [0.25, 0.3) is 66.1 Å². The van der Waals surface area contributed by atoms with Crippen LogP contribution in [0.4, 0.5) is 11.4 Å². The number of nitrogens with one attached hydrogen (secondary N) is 1. The molecule has 1 N–H and O–H groups in total. The predicted octanol–water partition coefficient (Wildman–Crippen LogP) is 13.7. The van der Waals surface area contributed by atoms with Gasteiger partial charge in [-0.1, -0.05) is 130 Å². The minimum Gasteiger partial charge on any atom is -0.356 e. The van der Waals surface area contributed by atoms with E-state index in [9.17, 15) is 0 Å². The Morgan fingerprint density at radius 3 is 2.04 bits per heavy atom. The maximum Gasteiger partial charge on any atom is 0.0547 e. The van der Waals surface area contributed by atoms with Crippen LogP contribution >= 0.6 is 0 Å². The molecule has 2 nitrogen and oxygen atoms in total. The standard InChI is InChI=1S/C50H40N2/c1-32-13-26-45-43(29-32)42-25-24-39(31-46(42)50(45,2)3)51-38-22-18-34(19-23-38)33-14-16-35(17-15-33)37-21-27-47-44(30-37)49-41-12-8-7-9-36(41)20-28-48(49)52(47)40-10-5-4-6-11-40/h4-28,30-32,51H,29H2,1-3H3. The number of benzene rings is 7. The van der Waals surface area contributed by atoms with Gasteiger partial charge in [0.15, 0.2) is 0 Å². The topological polar surface area (TPSA) is 17.0 Å². The van der Waals surface area contributed by atoms with Gasteiger partial charge < -0.3 is 9.88 Å². The van der Waals surface area contributed by atoms with Crippen LogP contribution in [-0.4, -0.2) is 4.57 Å². The first kappa shape index (κ1) is 30.7. The molecule has 2 aliphatic carbocycles. The first-order valence-electron chi connectivity index (χ1n) is 18.5. The number of anilines is 2. The van der Waals surface area contributed by atoms with E-state index >= 15 is 0 Å². The molecular weight excluding hydrogens is 629 g/mol. The molecule has 0 spiro atoms. The minimum atomic E-state index is 0.0240. The number of hydrogen-bond donors (Lipinski definition) is 1. The molecular formula is C50H40N2. The van der Waals surface area contributed by atoms with Crippen molar-refractivity contribution in [1.29, 1.82) is 0 Å². The molecule has 2 heteroatoms. The Morgan fingerprint density at radius 2 is 1.25 bits per heavy atom. The minimum absolute atomic E-state index is 0.0240. The highest BCUT2D eigenvalue weighted by Crippen LogP contribution is 2.51. The quantitative estimate of drug-likeness (QED) is 0.193. The number of hydrogen-bond acceptors (Lipinski definition) is 1. The summed E-state index contributed by atoms with van der Waals surface area (Å²) < 4.78 is 2.40. The third-order valence-corrected chi connectivity index (χ3v) is 11.5. The van der Waals surface area contributed by atoms with Crippen molar-refractivity contribution in [2.24, 2.45) is 5.92 Å². The molecule has 0 bridgehead atoms. The third kappa shape index (κ3) is 4.86. The van der Waals surface area contributed by atoms with Crippen LogP contribution in [-0.2, 0) is 5.41 Å². The number of rotatable bonds is 5. The van der Waals surface area contributed by atoms with E-state index in [0.717, 1.165) is 17.8 Å². The SMILES string of the molecule is CC1C=CC2=C(C1)c1ccc(Nc3ccc(-c4ccc(-c5ccc6c(c5)c5c7ccccc7ccc5n6-c5ccccc5)cc4)cc3)cc1C2(C)C.